The van der Waals surface area contributed by atoms with Crippen molar-refractivity contribution in [3.63, 3.8) is 0 Å². The third-order valence-electron chi connectivity index (χ3n) is 8.35. The Bertz CT molecular complexity index is 1590. The first-order valence-corrected chi connectivity index (χ1v) is 14.7. The number of alkyl halides is 3. The highest BCUT2D eigenvalue weighted by Gasteiger charge is 2.35. The zero-order valence-corrected chi connectivity index (χ0v) is 27.4. The fourth-order valence-corrected chi connectivity index (χ4v) is 5.51. The summed E-state index contributed by atoms with van der Waals surface area (Å²) in [5, 5.41) is 3.75. The van der Waals surface area contributed by atoms with Crippen LogP contribution in [0.2, 0.25) is 0 Å². The molecule has 2 aromatic carbocycles. The number of ether oxygens (including phenoxy) is 3. The fraction of sp³-hybridized carbons (Fsp3) is 0.559. The summed E-state index contributed by atoms with van der Waals surface area (Å²) in [6.45, 7) is 14.9. The number of anilines is 1. The molecule has 1 unspecified atom stereocenters. The summed E-state index contributed by atoms with van der Waals surface area (Å²) in [6, 6.07) is 0.315. The lowest BCUT2D eigenvalue weighted by atomic mass is 9.89. The molecule has 3 rings (SSSR count). The Balaban J connectivity index is 2.51. The summed E-state index contributed by atoms with van der Waals surface area (Å²) in [7, 11) is 5.38. The average molecular weight is 607 g/mol. The monoisotopic (exact) mass is 606 g/mol. The Morgan fingerprint density at radius 1 is 1.12 bits per heavy atom. The minimum Gasteiger partial charge on any atom is -0.493 e. The Morgan fingerprint density at radius 3 is 2.33 bits per heavy atom. The van der Waals surface area contributed by atoms with Crippen LogP contribution in [0.3, 0.4) is 0 Å². The van der Waals surface area contributed by atoms with Crippen LogP contribution in [0, 0.1) is 20.8 Å². The molecule has 1 atom stereocenters. The highest BCUT2D eigenvalue weighted by molar-refractivity contribution is 6.01. The van der Waals surface area contributed by atoms with E-state index in [0.717, 1.165) is 31.4 Å². The molecule has 0 radical (unpaired) electrons. The molecule has 3 aromatic rings. The fourth-order valence-electron chi connectivity index (χ4n) is 5.51. The lowest BCUT2D eigenvalue weighted by Gasteiger charge is -2.41. The SMILES string of the molecule is [2H]c1c([2H])c(C(F)(F)F)c(C)c(Oc2c(OC)cc(N(C)C(C)(CC)CCCNC)c3nc(OC([2H])(C)C)c(C)c(CC)c23)c1C. The van der Waals surface area contributed by atoms with Crippen LogP contribution < -0.4 is 24.4 Å². The number of aromatic nitrogens is 1. The molecule has 43 heavy (non-hydrogen) atoms. The minimum absolute atomic E-state index is 0.105. The summed E-state index contributed by atoms with van der Waals surface area (Å²) in [4.78, 5) is 7.12. The molecule has 1 N–H and O–H groups in total. The maximum atomic E-state index is 14.2. The predicted molar refractivity (Wildman–Crippen MR) is 169 cm³/mol. The molecule has 9 heteroatoms. The van der Waals surface area contributed by atoms with E-state index < -0.39 is 29.9 Å². The van der Waals surface area contributed by atoms with E-state index >= 15 is 0 Å². The number of nitrogens with zero attached hydrogens (tertiary/aromatic N) is 2. The van der Waals surface area contributed by atoms with Crippen molar-refractivity contribution in [1.29, 1.82) is 0 Å². The topological polar surface area (TPSA) is 55.9 Å². The van der Waals surface area contributed by atoms with Crippen molar-refractivity contribution < 1.29 is 31.5 Å². The van der Waals surface area contributed by atoms with Crippen LogP contribution in [0.4, 0.5) is 18.9 Å². The maximum absolute atomic E-state index is 14.2. The number of pyridine rings is 1. The zero-order chi connectivity index (χ0) is 34.9. The van der Waals surface area contributed by atoms with Gasteiger partial charge in [-0.3, -0.25) is 0 Å². The molecule has 1 heterocycles. The van der Waals surface area contributed by atoms with E-state index in [0.29, 0.717) is 28.6 Å². The first kappa shape index (κ1) is 29.9. The number of benzene rings is 2. The van der Waals surface area contributed by atoms with Crippen LogP contribution in [0.1, 0.15) is 85.8 Å². The van der Waals surface area contributed by atoms with Crippen molar-refractivity contribution in [2.45, 2.75) is 98.9 Å². The molecule has 0 aliphatic heterocycles. The molecular weight excluding hydrogens is 555 g/mol. The minimum atomic E-state index is -4.86. The predicted octanol–water partition coefficient (Wildman–Crippen LogP) is 8.93. The van der Waals surface area contributed by atoms with E-state index in [9.17, 15) is 13.2 Å². The third kappa shape index (κ3) is 6.97. The Hall–Kier alpha value is -3.20. The quantitative estimate of drug-likeness (QED) is 0.196. The molecule has 0 saturated carbocycles. The highest BCUT2D eigenvalue weighted by Crippen LogP contribution is 2.49. The van der Waals surface area contributed by atoms with Crippen molar-refractivity contribution in [2.75, 3.05) is 32.6 Å². The number of nitrogens with one attached hydrogen (secondary N) is 1. The number of methoxy groups -OCH3 is 1. The molecule has 0 spiro atoms. The Kier molecular flexibility index (Phi) is 9.46. The molecule has 0 saturated heterocycles. The van der Waals surface area contributed by atoms with Gasteiger partial charge in [-0.1, -0.05) is 19.9 Å². The Morgan fingerprint density at radius 2 is 1.79 bits per heavy atom. The van der Waals surface area contributed by atoms with Gasteiger partial charge in [0.05, 0.1) is 33.9 Å². The molecule has 0 aliphatic carbocycles. The van der Waals surface area contributed by atoms with Gasteiger partial charge in [-0.15, -0.1) is 0 Å². The van der Waals surface area contributed by atoms with Crippen LogP contribution in [-0.2, 0) is 12.6 Å². The molecule has 6 nitrogen and oxygen atoms in total. The van der Waals surface area contributed by atoms with Crippen LogP contribution in [0.15, 0.2) is 18.2 Å². The van der Waals surface area contributed by atoms with Gasteiger partial charge in [-0.25, -0.2) is 4.98 Å². The van der Waals surface area contributed by atoms with Gasteiger partial charge in [0, 0.05) is 29.8 Å². The normalized spacial score (nSPS) is 14.6. The molecule has 0 fully saturated rings. The smallest absolute Gasteiger partial charge is 0.416 e. The molecule has 0 bridgehead atoms. The number of aryl methyl sites for hydroxylation is 1. The molecule has 0 aliphatic rings. The number of hydrogen-bond acceptors (Lipinski definition) is 6. The van der Waals surface area contributed by atoms with E-state index in [2.05, 4.69) is 24.1 Å². The van der Waals surface area contributed by atoms with Crippen LogP contribution >= 0.6 is 0 Å². The summed E-state index contributed by atoms with van der Waals surface area (Å²) < 4.78 is 85.7. The van der Waals surface area contributed by atoms with E-state index in [1.807, 2.05) is 27.9 Å². The van der Waals surface area contributed by atoms with Gasteiger partial charge in [0.15, 0.2) is 11.5 Å². The highest BCUT2D eigenvalue weighted by atomic mass is 19.4. The van der Waals surface area contributed by atoms with Gasteiger partial charge in [0.25, 0.3) is 0 Å². The maximum Gasteiger partial charge on any atom is 0.416 e. The standard InChI is InChI=1S/C34H48F3N3O3/c1-12-24-22(6)32(42-20(3)4)39-29-26(40(10)33(8,13-2)17-14-18-38-9)19-27(41-11)31(28(24)29)43-30-21(5)15-16-25(23(30)7)34(35,36)37/h15-16,19-20,38H,12-14,17-18H2,1-11H3/i15D,16D,20D. The first-order valence-electron chi connectivity index (χ1n) is 16.2. The zero-order valence-electron chi connectivity index (χ0n) is 30.4. The summed E-state index contributed by atoms with van der Waals surface area (Å²) in [5.74, 6) is 0.555. The van der Waals surface area contributed by atoms with Gasteiger partial charge in [0.1, 0.15) is 11.3 Å². The van der Waals surface area contributed by atoms with E-state index in [4.69, 9.17) is 23.3 Å². The lowest BCUT2D eigenvalue weighted by Crippen LogP contribution is -2.44. The van der Waals surface area contributed by atoms with Crippen molar-refractivity contribution in [2.24, 2.45) is 0 Å². The second-order valence-corrected chi connectivity index (χ2v) is 11.5. The number of fused-ring (bicyclic) bond motifs is 1. The first-order chi connectivity index (χ1) is 21.3. The van der Waals surface area contributed by atoms with E-state index in [1.54, 1.807) is 19.9 Å². The molecule has 0 amide bonds. The molecule has 1 aromatic heterocycles. The summed E-state index contributed by atoms with van der Waals surface area (Å²) in [6.07, 6.45) is -3.05. The molecular formula is C34H48F3N3O3. The van der Waals surface area contributed by atoms with Gasteiger partial charge >= 0.3 is 6.18 Å². The Labute approximate surface area is 259 Å². The van der Waals surface area contributed by atoms with Gasteiger partial charge in [0.2, 0.25) is 5.88 Å². The van der Waals surface area contributed by atoms with Crippen molar-refractivity contribution >= 4 is 16.6 Å². The third-order valence-corrected chi connectivity index (χ3v) is 8.35. The van der Waals surface area contributed by atoms with Crippen molar-refractivity contribution in [1.82, 2.24) is 10.3 Å². The lowest BCUT2D eigenvalue weighted by molar-refractivity contribution is -0.138. The van der Waals surface area contributed by atoms with E-state index in [-0.39, 0.29) is 39.8 Å². The number of hydrogen-bond donors (Lipinski definition) is 1. The van der Waals surface area contributed by atoms with Crippen molar-refractivity contribution in [3.8, 4) is 23.1 Å². The second-order valence-electron chi connectivity index (χ2n) is 11.5. The van der Waals surface area contributed by atoms with Crippen LogP contribution in [-0.4, -0.2) is 44.4 Å². The van der Waals surface area contributed by atoms with Crippen LogP contribution in [0.25, 0.3) is 10.9 Å². The van der Waals surface area contributed by atoms with Gasteiger partial charge in [-0.2, -0.15) is 13.2 Å². The van der Waals surface area contributed by atoms with Gasteiger partial charge < -0.3 is 24.4 Å². The van der Waals surface area contributed by atoms with E-state index in [1.165, 1.54) is 21.0 Å². The average Bonchev–Trinajstić information content (AvgIpc) is 2.96. The molecule has 238 valence electrons. The number of halogens is 3. The largest absolute Gasteiger partial charge is 0.493 e. The summed E-state index contributed by atoms with van der Waals surface area (Å²) >= 11 is 0. The van der Waals surface area contributed by atoms with Gasteiger partial charge in [-0.05, 0) is 98.0 Å². The number of rotatable bonds is 13. The second kappa shape index (κ2) is 13.6. The summed E-state index contributed by atoms with van der Waals surface area (Å²) in [5.41, 5.74) is 0.946. The van der Waals surface area contributed by atoms with Crippen molar-refractivity contribution in [3.05, 3.63) is 46.0 Å². The van der Waals surface area contributed by atoms with Crippen LogP contribution in [0.5, 0.6) is 23.1 Å².